The standard InChI is InChI=1S/C13H12Br2FN3/c1-7(2)13-18-11(15)6-12(19-13)17-8-3-4-10(16)9(14)5-8/h3-7H,1-2H3,(H,17,18,19). The topological polar surface area (TPSA) is 37.8 Å². The van der Waals surface area contributed by atoms with Crippen molar-refractivity contribution in [2.75, 3.05) is 5.32 Å². The van der Waals surface area contributed by atoms with E-state index in [4.69, 9.17) is 0 Å². The van der Waals surface area contributed by atoms with E-state index in [2.05, 4.69) is 47.1 Å². The zero-order valence-electron chi connectivity index (χ0n) is 10.4. The summed E-state index contributed by atoms with van der Waals surface area (Å²) in [6.07, 6.45) is 0. The third-order valence-electron chi connectivity index (χ3n) is 2.42. The fraction of sp³-hybridized carbons (Fsp3) is 0.231. The minimum atomic E-state index is -0.294. The van der Waals surface area contributed by atoms with Crippen molar-refractivity contribution in [3.05, 3.63) is 45.0 Å². The van der Waals surface area contributed by atoms with Gasteiger partial charge < -0.3 is 5.32 Å². The molecular formula is C13H12Br2FN3. The Bertz CT molecular complexity index is 602. The number of nitrogens with zero attached hydrogens (tertiary/aromatic N) is 2. The van der Waals surface area contributed by atoms with Gasteiger partial charge in [0.2, 0.25) is 0 Å². The summed E-state index contributed by atoms with van der Waals surface area (Å²) in [4.78, 5) is 8.72. The van der Waals surface area contributed by atoms with Gasteiger partial charge in [-0.1, -0.05) is 13.8 Å². The first kappa shape index (κ1) is 14.4. The Hall–Kier alpha value is -1.01. The summed E-state index contributed by atoms with van der Waals surface area (Å²) in [5.41, 5.74) is 0.758. The van der Waals surface area contributed by atoms with Crippen molar-refractivity contribution < 1.29 is 4.39 Å². The molecule has 0 aliphatic heterocycles. The summed E-state index contributed by atoms with van der Waals surface area (Å²) in [5, 5.41) is 3.13. The fourth-order valence-electron chi connectivity index (χ4n) is 1.48. The highest BCUT2D eigenvalue weighted by molar-refractivity contribution is 9.10. The van der Waals surface area contributed by atoms with Gasteiger partial charge in [0.15, 0.2) is 0 Å². The number of benzene rings is 1. The smallest absolute Gasteiger partial charge is 0.137 e. The SMILES string of the molecule is CC(C)c1nc(Br)cc(Nc2ccc(F)c(Br)c2)n1. The molecule has 0 saturated carbocycles. The van der Waals surface area contributed by atoms with Gasteiger partial charge >= 0.3 is 0 Å². The van der Waals surface area contributed by atoms with Crippen LogP contribution < -0.4 is 5.32 Å². The second kappa shape index (κ2) is 5.96. The third-order valence-corrected chi connectivity index (χ3v) is 3.43. The molecule has 0 radical (unpaired) electrons. The molecule has 0 aliphatic carbocycles. The Kier molecular flexibility index (Phi) is 4.52. The first-order valence-electron chi connectivity index (χ1n) is 5.72. The average Bonchev–Trinajstić information content (AvgIpc) is 2.33. The molecular weight excluding hydrogens is 377 g/mol. The van der Waals surface area contributed by atoms with Crippen molar-refractivity contribution in [1.82, 2.24) is 9.97 Å². The lowest BCUT2D eigenvalue weighted by atomic mass is 10.2. The van der Waals surface area contributed by atoms with E-state index in [1.54, 1.807) is 18.2 Å². The normalized spacial score (nSPS) is 10.8. The van der Waals surface area contributed by atoms with Gasteiger partial charge in [0, 0.05) is 17.7 Å². The van der Waals surface area contributed by atoms with Crippen LogP contribution in [-0.4, -0.2) is 9.97 Å². The molecule has 0 atom stereocenters. The first-order chi connectivity index (χ1) is 8.95. The van der Waals surface area contributed by atoms with E-state index in [0.29, 0.717) is 10.3 Å². The predicted octanol–water partition coefficient (Wildman–Crippen LogP) is 5.01. The third kappa shape index (κ3) is 3.73. The molecule has 1 N–H and O–H groups in total. The number of aromatic nitrogens is 2. The number of halogens is 3. The molecule has 0 aliphatic rings. The van der Waals surface area contributed by atoms with Crippen LogP contribution in [0.3, 0.4) is 0 Å². The van der Waals surface area contributed by atoms with Crippen molar-refractivity contribution in [2.45, 2.75) is 19.8 Å². The van der Waals surface area contributed by atoms with Crippen LogP contribution >= 0.6 is 31.9 Å². The summed E-state index contributed by atoms with van der Waals surface area (Å²) in [5.74, 6) is 1.36. The van der Waals surface area contributed by atoms with E-state index >= 15 is 0 Å². The molecule has 0 unspecified atom stereocenters. The summed E-state index contributed by atoms with van der Waals surface area (Å²) in [7, 11) is 0. The largest absolute Gasteiger partial charge is 0.340 e. The molecule has 19 heavy (non-hydrogen) atoms. The zero-order valence-corrected chi connectivity index (χ0v) is 13.6. The minimum absolute atomic E-state index is 0.234. The molecule has 100 valence electrons. The lowest BCUT2D eigenvalue weighted by Crippen LogP contribution is -2.02. The number of hydrogen-bond donors (Lipinski definition) is 1. The van der Waals surface area contributed by atoms with Gasteiger partial charge in [-0.2, -0.15) is 0 Å². The Balaban J connectivity index is 2.29. The van der Waals surface area contributed by atoms with Crippen molar-refractivity contribution >= 4 is 43.4 Å². The van der Waals surface area contributed by atoms with Gasteiger partial charge in [0.05, 0.1) is 4.47 Å². The summed E-state index contributed by atoms with van der Waals surface area (Å²) < 4.78 is 14.3. The molecule has 0 amide bonds. The molecule has 1 heterocycles. The molecule has 3 nitrogen and oxygen atoms in total. The van der Waals surface area contributed by atoms with Crippen LogP contribution in [0.15, 0.2) is 33.3 Å². The molecule has 6 heteroatoms. The Morgan fingerprint density at radius 3 is 2.53 bits per heavy atom. The molecule has 2 rings (SSSR count). The second-order valence-corrected chi connectivity index (χ2v) is 6.01. The van der Waals surface area contributed by atoms with Crippen molar-refractivity contribution in [1.29, 1.82) is 0 Å². The van der Waals surface area contributed by atoms with E-state index in [0.717, 1.165) is 16.1 Å². The molecule has 0 saturated heterocycles. The van der Waals surface area contributed by atoms with E-state index in [1.807, 2.05) is 13.8 Å². The Morgan fingerprint density at radius 2 is 1.89 bits per heavy atom. The molecule has 1 aromatic heterocycles. The summed E-state index contributed by atoms with van der Waals surface area (Å²) in [6, 6.07) is 6.50. The lowest BCUT2D eigenvalue weighted by molar-refractivity contribution is 0.621. The van der Waals surface area contributed by atoms with Crippen LogP contribution in [0.2, 0.25) is 0 Å². The molecule has 1 aromatic carbocycles. The van der Waals surface area contributed by atoms with Crippen LogP contribution in [-0.2, 0) is 0 Å². The van der Waals surface area contributed by atoms with E-state index in [9.17, 15) is 4.39 Å². The van der Waals surface area contributed by atoms with Crippen LogP contribution in [0.1, 0.15) is 25.6 Å². The van der Waals surface area contributed by atoms with Gasteiger partial charge in [-0.25, -0.2) is 14.4 Å². The second-order valence-electron chi connectivity index (χ2n) is 4.34. The van der Waals surface area contributed by atoms with Gasteiger partial charge in [-0.05, 0) is 50.1 Å². The number of rotatable bonds is 3. The van der Waals surface area contributed by atoms with E-state index in [-0.39, 0.29) is 11.7 Å². The monoisotopic (exact) mass is 387 g/mol. The quantitative estimate of drug-likeness (QED) is 0.751. The van der Waals surface area contributed by atoms with Crippen LogP contribution in [0.5, 0.6) is 0 Å². The molecule has 2 aromatic rings. The first-order valence-corrected chi connectivity index (χ1v) is 7.31. The van der Waals surface area contributed by atoms with Crippen molar-refractivity contribution in [2.24, 2.45) is 0 Å². The van der Waals surface area contributed by atoms with Crippen molar-refractivity contribution in [3.8, 4) is 0 Å². The predicted molar refractivity (Wildman–Crippen MR) is 81.2 cm³/mol. The average molecular weight is 389 g/mol. The van der Waals surface area contributed by atoms with Crippen molar-refractivity contribution in [3.63, 3.8) is 0 Å². The highest BCUT2D eigenvalue weighted by Crippen LogP contribution is 2.24. The minimum Gasteiger partial charge on any atom is -0.340 e. The van der Waals surface area contributed by atoms with Crippen LogP contribution in [0.4, 0.5) is 15.9 Å². The lowest BCUT2D eigenvalue weighted by Gasteiger charge is -2.10. The Labute approximate surface area is 127 Å². The number of anilines is 2. The highest BCUT2D eigenvalue weighted by Gasteiger charge is 2.08. The highest BCUT2D eigenvalue weighted by atomic mass is 79.9. The molecule has 0 fully saturated rings. The van der Waals surface area contributed by atoms with Gasteiger partial charge in [-0.15, -0.1) is 0 Å². The summed E-state index contributed by atoms with van der Waals surface area (Å²) >= 11 is 6.51. The number of nitrogens with one attached hydrogen (secondary N) is 1. The Morgan fingerprint density at radius 1 is 1.16 bits per heavy atom. The van der Waals surface area contributed by atoms with Crippen LogP contribution in [0, 0.1) is 5.82 Å². The number of hydrogen-bond acceptors (Lipinski definition) is 3. The zero-order chi connectivity index (χ0) is 14.0. The van der Waals surface area contributed by atoms with Gasteiger partial charge in [0.25, 0.3) is 0 Å². The van der Waals surface area contributed by atoms with E-state index in [1.165, 1.54) is 6.07 Å². The maximum Gasteiger partial charge on any atom is 0.137 e. The van der Waals surface area contributed by atoms with Gasteiger partial charge in [0.1, 0.15) is 22.1 Å². The van der Waals surface area contributed by atoms with Crippen LogP contribution in [0.25, 0.3) is 0 Å². The fourth-order valence-corrected chi connectivity index (χ4v) is 2.26. The molecule has 0 bridgehead atoms. The maximum absolute atomic E-state index is 13.2. The summed E-state index contributed by atoms with van der Waals surface area (Å²) in [6.45, 7) is 4.06. The maximum atomic E-state index is 13.2. The molecule has 0 spiro atoms. The van der Waals surface area contributed by atoms with E-state index < -0.39 is 0 Å². The van der Waals surface area contributed by atoms with Gasteiger partial charge in [-0.3, -0.25) is 0 Å².